The molecule has 0 aliphatic carbocycles. The van der Waals surface area contributed by atoms with Gasteiger partial charge < -0.3 is 38.4 Å². The Morgan fingerprint density at radius 2 is 1.60 bits per heavy atom. The van der Waals surface area contributed by atoms with Crippen molar-refractivity contribution in [1.29, 1.82) is 0 Å². The fraction of sp³-hybridized carbons (Fsp3) is 0.476. The van der Waals surface area contributed by atoms with Crippen LogP contribution in [0, 0.1) is 0 Å². The number of imide groups is 1. The molecule has 0 N–H and O–H groups in total. The number of nitrogens with zero attached hydrogens (tertiary/aromatic N) is 7. The number of carbonyl (C=O) groups is 2. The summed E-state index contributed by atoms with van der Waals surface area (Å²) in [6.07, 6.45) is 6.22. The van der Waals surface area contributed by atoms with Crippen molar-refractivity contribution >= 4 is 52.2 Å². The maximum absolute atomic E-state index is 13.6. The van der Waals surface area contributed by atoms with Crippen molar-refractivity contribution in [3.05, 3.63) is 95.0 Å². The molecule has 3 atom stereocenters. The zero-order valence-corrected chi connectivity index (χ0v) is 34.3. The molecule has 3 unspecified atom stereocenters. The van der Waals surface area contributed by atoms with Gasteiger partial charge in [-0.2, -0.15) is 5.10 Å². The minimum atomic E-state index is -1.18. The molecule has 4 aliphatic rings. The van der Waals surface area contributed by atoms with Gasteiger partial charge in [-0.25, -0.2) is 19.4 Å². The molecule has 58 heavy (non-hydrogen) atoms. The second-order valence-corrected chi connectivity index (χ2v) is 16.3. The van der Waals surface area contributed by atoms with E-state index in [1.807, 2.05) is 42.5 Å². The average Bonchev–Trinajstić information content (AvgIpc) is 3.94. The number of ether oxygens (including phenoxy) is 5. The van der Waals surface area contributed by atoms with E-state index in [9.17, 15) is 9.59 Å². The predicted molar refractivity (Wildman–Crippen MR) is 220 cm³/mol. The van der Waals surface area contributed by atoms with Crippen LogP contribution in [0.1, 0.15) is 45.1 Å². The minimum Gasteiger partial charge on any atom is -0.491 e. The monoisotopic (exact) mass is 833 g/mol. The first-order chi connectivity index (χ1) is 28.1. The molecule has 308 valence electrons. The third-order valence-corrected chi connectivity index (χ3v) is 11.8. The number of piperazine rings is 1. The van der Waals surface area contributed by atoms with Crippen molar-refractivity contribution in [3.63, 3.8) is 0 Å². The molecule has 16 heteroatoms. The van der Waals surface area contributed by atoms with Gasteiger partial charge in [-0.1, -0.05) is 29.3 Å². The number of aromatic nitrogens is 3. The van der Waals surface area contributed by atoms with E-state index < -0.39 is 11.3 Å². The summed E-state index contributed by atoms with van der Waals surface area (Å²) in [4.78, 5) is 38.7. The standard InChI is InChI=1S/C42H49Cl2N7O7/c1-41(2)39(52)51(40(53)50(41)17-5-23-55-38-6-3-4-22-54-38)33-10-8-31(9-11-33)47-18-20-48(21-19-47)32-12-14-34(15-13-32)56-25-35-26-57-42(58-35,27-49-29-45-28-46-49)36-16-7-30(43)24-37(36)44/h7-16,24,28-29,35,38H,3-6,17-23,25-27H2,1-2H3. The SMILES string of the molecule is CC1(C)C(=O)N(c2ccc(N3CCN(c4ccc(OCC5COC(Cn6cncn6)(c6ccc(Cl)cc6Cl)O5)cc4)CC3)cc2)C(=O)N1CCCOC1CCCCO1. The van der Waals surface area contributed by atoms with E-state index >= 15 is 0 Å². The van der Waals surface area contributed by atoms with Gasteiger partial charge in [0, 0.05) is 61.3 Å². The Kier molecular flexibility index (Phi) is 12.1. The van der Waals surface area contributed by atoms with Gasteiger partial charge in [0.25, 0.3) is 5.91 Å². The van der Waals surface area contributed by atoms with Gasteiger partial charge in [-0.05, 0) is 100 Å². The highest BCUT2D eigenvalue weighted by molar-refractivity contribution is 6.35. The van der Waals surface area contributed by atoms with Crippen LogP contribution < -0.4 is 19.4 Å². The van der Waals surface area contributed by atoms with Crippen LogP contribution in [0.3, 0.4) is 0 Å². The van der Waals surface area contributed by atoms with Crippen LogP contribution in [0.5, 0.6) is 5.75 Å². The van der Waals surface area contributed by atoms with Crippen LogP contribution in [0.15, 0.2) is 79.4 Å². The fourth-order valence-electron chi connectivity index (χ4n) is 7.98. The number of anilines is 3. The topological polar surface area (TPSA) is 124 Å². The zero-order chi connectivity index (χ0) is 40.3. The smallest absolute Gasteiger partial charge is 0.332 e. The molecule has 1 aromatic heterocycles. The molecule has 0 bridgehead atoms. The normalized spacial score (nSPS) is 23.6. The van der Waals surface area contributed by atoms with Gasteiger partial charge in [-0.15, -0.1) is 0 Å². The van der Waals surface area contributed by atoms with E-state index in [0.717, 1.165) is 69.2 Å². The number of benzene rings is 3. The summed E-state index contributed by atoms with van der Waals surface area (Å²) in [7, 11) is 0. The Labute approximate surface area is 348 Å². The number of carbonyl (C=O) groups excluding carboxylic acids is 2. The summed E-state index contributed by atoms with van der Waals surface area (Å²) in [6.45, 7) is 9.39. The van der Waals surface area contributed by atoms with Crippen LogP contribution in [0.4, 0.5) is 21.9 Å². The molecule has 0 radical (unpaired) electrons. The molecule has 4 saturated heterocycles. The van der Waals surface area contributed by atoms with Gasteiger partial charge in [0.15, 0.2) is 6.29 Å². The Bertz CT molecular complexity index is 2020. The Hall–Kier alpha value is -4.44. The number of rotatable bonds is 14. The summed E-state index contributed by atoms with van der Waals surface area (Å²) >= 11 is 12.8. The zero-order valence-electron chi connectivity index (χ0n) is 32.8. The highest BCUT2D eigenvalue weighted by Crippen LogP contribution is 2.41. The van der Waals surface area contributed by atoms with Crippen LogP contribution in [0.2, 0.25) is 10.0 Å². The van der Waals surface area contributed by atoms with Gasteiger partial charge >= 0.3 is 6.03 Å². The van der Waals surface area contributed by atoms with Crippen molar-refractivity contribution in [1.82, 2.24) is 19.7 Å². The van der Waals surface area contributed by atoms with Gasteiger partial charge in [-0.3, -0.25) is 4.79 Å². The van der Waals surface area contributed by atoms with Crippen molar-refractivity contribution in [2.45, 2.75) is 69.8 Å². The van der Waals surface area contributed by atoms with Crippen molar-refractivity contribution in [2.75, 3.05) is 73.9 Å². The summed E-state index contributed by atoms with van der Waals surface area (Å²) < 4.78 is 32.1. The van der Waals surface area contributed by atoms with Gasteiger partial charge in [0.05, 0.1) is 23.9 Å². The summed E-state index contributed by atoms with van der Waals surface area (Å²) in [5, 5.41) is 5.19. The summed E-state index contributed by atoms with van der Waals surface area (Å²) in [5.74, 6) is -0.679. The van der Waals surface area contributed by atoms with E-state index in [0.29, 0.717) is 47.5 Å². The van der Waals surface area contributed by atoms with E-state index in [4.69, 9.17) is 46.9 Å². The van der Waals surface area contributed by atoms with E-state index in [-0.39, 0.29) is 37.5 Å². The van der Waals surface area contributed by atoms with E-state index in [1.165, 1.54) is 11.2 Å². The fourth-order valence-corrected chi connectivity index (χ4v) is 8.53. The molecule has 4 aromatic rings. The third-order valence-electron chi connectivity index (χ3n) is 11.2. The quantitative estimate of drug-likeness (QED) is 0.0992. The molecule has 8 rings (SSSR count). The molecule has 0 spiro atoms. The lowest BCUT2D eigenvalue weighted by Gasteiger charge is -2.37. The van der Waals surface area contributed by atoms with Gasteiger partial charge in [0.2, 0.25) is 5.79 Å². The van der Waals surface area contributed by atoms with E-state index in [2.05, 4.69) is 32.0 Å². The first-order valence-corrected chi connectivity index (χ1v) is 20.7. The molecule has 14 nitrogen and oxygen atoms in total. The molecular formula is C42H49Cl2N7O7. The van der Waals surface area contributed by atoms with Crippen LogP contribution in [-0.2, 0) is 36.1 Å². The lowest BCUT2D eigenvalue weighted by Crippen LogP contribution is -2.46. The Morgan fingerprint density at radius 3 is 2.26 bits per heavy atom. The summed E-state index contributed by atoms with van der Waals surface area (Å²) in [6, 6.07) is 20.7. The highest BCUT2D eigenvalue weighted by atomic mass is 35.5. The Morgan fingerprint density at radius 1 is 0.897 bits per heavy atom. The van der Waals surface area contributed by atoms with Crippen molar-refractivity contribution < 1.29 is 33.3 Å². The number of halogens is 2. The minimum absolute atomic E-state index is 0.174. The molecular weight excluding hydrogens is 785 g/mol. The second-order valence-electron chi connectivity index (χ2n) is 15.5. The number of hydrogen-bond acceptors (Lipinski definition) is 11. The maximum Gasteiger partial charge on any atom is 0.332 e. The number of urea groups is 1. The molecule has 3 aromatic carbocycles. The van der Waals surface area contributed by atoms with Gasteiger partial charge in [0.1, 0.15) is 43.2 Å². The largest absolute Gasteiger partial charge is 0.491 e. The lowest BCUT2D eigenvalue weighted by molar-refractivity contribution is -0.190. The molecule has 4 fully saturated rings. The third kappa shape index (κ3) is 8.63. The van der Waals surface area contributed by atoms with Crippen molar-refractivity contribution in [3.8, 4) is 5.75 Å². The lowest BCUT2D eigenvalue weighted by atomic mass is 10.0. The molecule has 4 aliphatic heterocycles. The van der Waals surface area contributed by atoms with Crippen LogP contribution in [-0.4, -0.2) is 109 Å². The number of amides is 3. The number of hydrogen-bond donors (Lipinski definition) is 0. The molecule has 5 heterocycles. The van der Waals surface area contributed by atoms with Crippen LogP contribution >= 0.6 is 23.2 Å². The van der Waals surface area contributed by atoms with E-state index in [1.54, 1.807) is 41.9 Å². The average molecular weight is 835 g/mol. The highest BCUT2D eigenvalue weighted by Gasteiger charge is 2.51. The first kappa shape index (κ1) is 40.3. The first-order valence-electron chi connectivity index (χ1n) is 19.9. The maximum atomic E-state index is 13.6. The van der Waals surface area contributed by atoms with Crippen molar-refractivity contribution in [2.24, 2.45) is 0 Å². The Balaban J connectivity index is 0.812. The second kappa shape index (κ2) is 17.4. The molecule has 3 amide bonds. The summed E-state index contributed by atoms with van der Waals surface area (Å²) in [5.41, 5.74) is 2.44. The molecule has 0 saturated carbocycles. The van der Waals surface area contributed by atoms with Crippen LogP contribution in [0.25, 0.3) is 0 Å². The predicted octanol–water partition coefficient (Wildman–Crippen LogP) is 6.74.